The van der Waals surface area contributed by atoms with Gasteiger partial charge < -0.3 is 14.4 Å². The van der Waals surface area contributed by atoms with E-state index in [1.807, 2.05) is 25.1 Å². The second-order valence-corrected chi connectivity index (χ2v) is 7.64. The largest absolute Gasteiger partial charge is 0.491 e. The molecule has 0 radical (unpaired) electrons. The molecule has 2 rings (SSSR count). The Morgan fingerprint density at radius 1 is 1.21 bits per heavy atom. The number of pyridine rings is 1. The van der Waals surface area contributed by atoms with Gasteiger partial charge in [0, 0.05) is 11.9 Å². The Morgan fingerprint density at radius 3 is 2.50 bits per heavy atom. The molecule has 2 aromatic rings. The van der Waals surface area contributed by atoms with Crippen molar-refractivity contribution in [3.63, 3.8) is 0 Å². The molecule has 0 amide bonds. The molecule has 132 valence electrons. The first-order valence-corrected chi connectivity index (χ1v) is 8.68. The fourth-order valence-corrected chi connectivity index (χ4v) is 2.86. The van der Waals surface area contributed by atoms with Crippen LogP contribution in [-0.2, 0) is 13.2 Å². The number of hydrogen-bond donors (Lipinski definition) is 1. The molecule has 1 aromatic carbocycles. The van der Waals surface area contributed by atoms with Crippen molar-refractivity contribution in [1.29, 1.82) is 0 Å². The minimum atomic E-state index is -0.212. The maximum absolute atomic E-state index is 13.0. The third-order valence-corrected chi connectivity index (χ3v) is 4.01. The normalized spacial score (nSPS) is 11.9. The van der Waals surface area contributed by atoms with E-state index in [0.717, 1.165) is 23.8 Å². The number of fused-ring (bicyclic) bond motifs is 1. The zero-order chi connectivity index (χ0) is 17.9. The highest BCUT2D eigenvalue weighted by atomic mass is 16.5. The van der Waals surface area contributed by atoms with E-state index in [1.165, 1.54) is 0 Å². The average Bonchev–Trinajstić information content (AvgIpc) is 2.50. The number of unbranched alkanes of at least 4 members (excludes halogenated alkanes) is 1. The number of aromatic nitrogens is 1. The van der Waals surface area contributed by atoms with E-state index in [-0.39, 0.29) is 17.6 Å². The van der Waals surface area contributed by atoms with Gasteiger partial charge in [-0.2, -0.15) is 0 Å². The standard InChI is InChI=1S/C20H29NO3/c1-6-7-10-24-18-15-9-8-14(2)11-16(15)19(23)21(17(18)12-22)13-20(3,4)5/h8-9,11,22H,6-7,10,12-13H2,1-5H3. The molecule has 0 spiro atoms. The number of aliphatic hydroxyl groups excluding tert-OH is 1. The van der Waals surface area contributed by atoms with Crippen LogP contribution in [0.5, 0.6) is 5.75 Å². The highest BCUT2D eigenvalue weighted by molar-refractivity contribution is 5.89. The number of nitrogens with zero attached hydrogens (tertiary/aromatic N) is 1. The topological polar surface area (TPSA) is 51.5 Å². The summed E-state index contributed by atoms with van der Waals surface area (Å²) in [6.45, 7) is 11.2. The Bertz CT molecular complexity index is 769. The highest BCUT2D eigenvalue weighted by Crippen LogP contribution is 2.30. The van der Waals surface area contributed by atoms with Crippen molar-refractivity contribution in [1.82, 2.24) is 4.57 Å². The average molecular weight is 331 g/mol. The molecule has 0 bridgehead atoms. The van der Waals surface area contributed by atoms with Gasteiger partial charge in [-0.15, -0.1) is 0 Å². The van der Waals surface area contributed by atoms with Gasteiger partial charge in [-0.3, -0.25) is 4.79 Å². The molecule has 4 nitrogen and oxygen atoms in total. The summed E-state index contributed by atoms with van der Waals surface area (Å²) in [4.78, 5) is 13.0. The van der Waals surface area contributed by atoms with Crippen molar-refractivity contribution < 1.29 is 9.84 Å². The summed E-state index contributed by atoms with van der Waals surface area (Å²) in [6, 6.07) is 5.81. The van der Waals surface area contributed by atoms with Crippen molar-refractivity contribution in [3.8, 4) is 5.75 Å². The lowest BCUT2D eigenvalue weighted by Gasteiger charge is -2.25. The molecule has 0 unspecified atom stereocenters. The second-order valence-electron chi connectivity index (χ2n) is 7.64. The van der Waals surface area contributed by atoms with E-state index in [1.54, 1.807) is 4.57 Å². The minimum absolute atomic E-state index is 0.0597. The zero-order valence-electron chi connectivity index (χ0n) is 15.5. The summed E-state index contributed by atoms with van der Waals surface area (Å²) in [5, 5.41) is 11.4. The summed E-state index contributed by atoms with van der Waals surface area (Å²) in [6.07, 6.45) is 1.98. The van der Waals surface area contributed by atoms with E-state index < -0.39 is 0 Å². The zero-order valence-corrected chi connectivity index (χ0v) is 15.5. The molecule has 0 saturated carbocycles. The number of ether oxygens (including phenoxy) is 1. The molecule has 24 heavy (non-hydrogen) atoms. The van der Waals surface area contributed by atoms with Crippen molar-refractivity contribution in [2.24, 2.45) is 5.41 Å². The van der Waals surface area contributed by atoms with Crippen molar-refractivity contribution >= 4 is 10.8 Å². The van der Waals surface area contributed by atoms with Crippen molar-refractivity contribution in [2.45, 2.75) is 60.6 Å². The van der Waals surface area contributed by atoms with Crippen LogP contribution in [0.3, 0.4) is 0 Å². The van der Waals surface area contributed by atoms with Crippen LogP contribution < -0.4 is 10.3 Å². The van der Waals surface area contributed by atoms with Gasteiger partial charge in [0.2, 0.25) is 0 Å². The van der Waals surface area contributed by atoms with Crippen LogP contribution in [0.1, 0.15) is 51.8 Å². The molecular weight excluding hydrogens is 302 g/mol. The maximum atomic E-state index is 13.0. The van der Waals surface area contributed by atoms with Crippen LogP contribution in [0.25, 0.3) is 10.8 Å². The monoisotopic (exact) mass is 331 g/mol. The molecule has 4 heteroatoms. The third kappa shape index (κ3) is 3.99. The second kappa shape index (κ2) is 7.39. The lowest BCUT2D eigenvalue weighted by atomic mass is 9.96. The first-order valence-electron chi connectivity index (χ1n) is 8.68. The fraction of sp³-hybridized carbons (Fsp3) is 0.550. The number of aliphatic hydroxyl groups is 1. The summed E-state index contributed by atoms with van der Waals surface area (Å²) >= 11 is 0. The van der Waals surface area contributed by atoms with Crippen LogP contribution in [-0.4, -0.2) is 16.3 Å². The molecule has 0 aliphatic carbocycles. The van der Waals surface area contributed by atoms with Crippen LogP contribution in [0.4, 0.5) is 0 Å². The van der Waals surface area contributed by atoms with Gasteiger partial charge in [0.15, 0.2) is 0 Å². The van der Waals surface area contributed by atoms with E-state index in [2.05, 4.69) is 27.7 Å². The van der Waals surface area contributed by atoms with Gasteiger partial charge >= 0.3 is 0 Å². The van der Waals surface area contributed by atoms with E-state index in [0.29, 0.717) is 30.0 Å². The Balaban J connectivity index is 2.74. The first kappa shape index (κ1) is 18.5. The molecule has 0 aliphatic rings. The Kier molecular flexibility index (Phi) is 5.70. The molecule has 0 aliphatic heterocycles. The van der Waals surface area contributed by atoms with Crippen molar-refractivity contribution in [2.75, 3.05) is 6.61 Å². The van der Waals surface area contributed by atoms with E-state index in [9.17, 15) is 9.90 Å². The molecular formula is C20H29NO3. The van der Waals surface area contributed by atoms with Crippen LogP contribution in [0, 0.1) is 12.3 Å². The summed E-state index contributed by atoms with van der Waals surface area (Å²) in [5.74, 6) is 0.643. The van der Waals surface area contributed by atoms with Gasteiger partial charge in [0.25, 0.3) is 5.56 Å². The molecule has 1 N–H and O–H groups in total. The number of aryl methyl sites for hydroxylation is 1. The van der Waals surface area contributed by atoms with Crippen LogP contribution >= 0.6 is 0 Å². The molecule has 0 atom stereocenters. The Labute approximate surface area is 144 Å². The molecule has 0 saturated heterocycles. The summed E-state index contributed by atoms with van der Waals surface area (Å²) in [7, 11) is 0. The van der Waals surface area contributed by atoms with Crippen molar-refractivity contribution in [3.05, 3.63) is 39.8 Å². The van der Waals surface area contributed by atoms with Gasteiger partial charge in [-0.1, -0.05) is 51.8 Å². The third-order valence-electron chi connectivity index (χ3n) is 4.01. The maximum Gasteiger partial charge on any atom is 0.258 e. The van der Waals surface area contributed by atoms with Gasteiger partial charge in [-0.05, 0) is 24.8 Å². The SMILES string of the molecule is CCCCOc1c(CO)n(CC(C)(C)C)c(=O)c2cc(C)ccc12. The van der Waals surface area contributed by atoms with E-state index in [4.69, 9.17) is 4.74 Å². The number of hydrogen-bond acceptors (Lipinski definition) is 3. The predicted molar refractivity (Wildman–Crippen MR) is 98.7 cm³/mol. The Hall–Kier alpha value is -1.81. The van der Waals surface area contributed by atoms with E-state index >= 15 is 0 Å². The molecule has 0 fully saturated rings. The minimum Gasteiger partial charge on any atom is -0.491 e. The number of benzene rings is 1. The first-order chi connectivity index (χ1) is 11.3. The summed E-state index contributed by atoms with van der Waals surface area (Å²) in [5.41, 5.74) is 1.47. The van der Waals surface area contributed by atoms with Crippen LogP contribution in [0.2, 0.25) is 0 Å². The molecule has 1 heterocycles. The van der Waals surface area contributed by atoms with Crippen LogP contribution in [0.15, 0.2) is 23.0 Å². The quantitative estimate of drug-likeness (QED) is 0.813. The predicted octanol–water partition coefficient (Wildman–Crippen LogP) is 4.03. The van der Waals surface area contributed by atoms with Gasteiger partial charge in [-0.25, -0.2) is 0 Å². The lowest BCUT2D eigenvalue weighted by Crippen LogP contribution is -2.30. The smallest absolute Gasteiger partial charge is 0.258 e. The number of rotatable bonds is 6. The Morgan fingerprint density at radius 2 is 1.92 bits per heavy atom. The van der Waals surface area contributed by atoms with Gasteiger partial charge in [0.1, 0.15) is 5.75 Å². The highest BCUT2D eigenvalue weighted by Gasteiger charge is 2.21. The fourth-order valence-electron chi connectivity index (χ4n) is 2.86. The van der Waals surface area contributed by atoms with Gasteiger partial charge in [0.05, 0.1) is 24.3 Å². The lowest BCUT2D eigenvalue weighted by molar-refractivity contribution is 0.237. The molecule has 1 aromatic heterocycles. The summed E-state index contributed by atoms with van der Waals surface area (Å²) < 4.78 is 7.70.